The first-order chi connectivity index (χ1) is 6.94. The Morgan fingerprint density at radius 3 is 2.47 bits per heavy atom. The first-order valence-corrected chi connectivity index (χ1v) is 4.25. The van der Waals surface area contributed by atoms with E-state index in [1.807, 2.05) is 6.07 Å². The fraction of sp³-hybridized carbons (Fsp3) is 0.300. The zero-order valence-corrected chi connectivity index (χ0v) is 7.75. The van der Waals surface area contributed by atoms with Gasteiger partial charge in [-0.2, -0.15) is 18.4 Å². The number of hydrogen-bond acceptors (Lipinski definition) is 2. The summed E-state index contributed by atoms with van der Waals surface area (Å²) in [6.45, 7) is 0. The molecule has 2 nitrogen and oxygen atoms in total. The zero-order chi connectivity index (χ0) is 11.5. The van der Waals surface area contributed by atoms with Crippen LogP contribution in [-0.4, -0.2) is 6.18 Å². The fourth-order valence-corrected chi connectivity index (χ4v) is 1.28. The average Bonchev–Trinajstić information content (AvgIpc) is 2.15. The van der Waals surface area contributed by atoms with Crippen molar-refractivity contribution in [2.45, 2.75) is 18.6 Å². The fourth-order valence-electron chi connectivity index (χ4n) is 1.28. The van der Waals surface area contributed by atoms with Crippen molar-refractivity contribution in [3.8, 4) is 6.07 Å². The molecule has 1 aromatic carbocycles. The van der Waals surface area contributed by atoms with Gasteiger partial charge in [-0.3, -0.25) is 0 Å². The van der Waals surface area contributed by atoms with E-state index in [0.29, 0.717) is 0 Å². The Balaban J connectivity index is 2.92. The highest BCUT2D eigenvalue weighted by Gasteiger charge is 2.31. The molecule has 0 unspecified atom stereocenters. The molecule has 0 aliphatic carbocycles. The molecule has 1 rings (SSSR count). The Morgan fingerprint density at radius 2 is 1.93 bits per heavy atom. The predicted octanol–water partition coefficient (Wildman–Crippen LogP) is 2.51. The highest BCUT2D eigenvalue weighted by atomic mass is 19.4. The molecule has 80 valence electrons. The maximum atomic E-state index is 12.1. The third-order valence-electron chi connectivity index (χ3n) is 1.93. The van der Waals surface area contributed by atoms with Crippen molar-refractivity contribution in [2.24, 2.45) is 5.73 Å². The third kappa shape index (κ3) is 3.26. The van der Waals surface area contributed by atoms with E-state index in [2.05, 4.69) is 0 Å². The molecular formula is C10H9F3N2. The minimum Gasteiger partial charge on any atom is -0.324 e. The molecular weight excluding hydrogens is 205 g/mol. The number of halogens is 3. The molecule has 0 bridgehead atoms. The Hall–Kier alpha value is -1.54. The molecule has 1 atom stereocenters. The summed E-state index contributed by atoms with van der Waals surface area (Å²) >= 11 is 0. The van der Waals surface area contributed by atoms with Crippen LogP contribution in [0.25, 0.3) is 0 Å². The first-order valence-electron chi connectivity index (χ1n) is 4.25. The minimum absolute atomic E-state index is 0.189. The van der Waals surface area contributed by atoms with Crippen LogP contribution < -0.4 is 5.73 Å². The molecule has 0 heterocycles. The summed E-state index contributed by atoms with van der Waals surface area (Å²) in [4.78, 5) is 0. The summed E-state index contributed by atoms with van der Waals surface area (Å²) in [5.41, 5.74) is 5.81. The standard InChI is InChI=1S/C10H9F3N2/c11-10(12,13)5-9(15)8-4-2-1-3-7(8)6-14/h1-4,9H,5,15H2/t9-/m0/s1. The van der Waals surface area contributed by atoms with Gasteiger partial charge in [-0.25, -0.2) is 0 Å². The van der Waals surface area contributed by atoms with Gasteiger partial charge in [0, 0.05) is 6.04 Å². The van der Waals surface area contributed by atoms with Gasteiger partial charge in [0.1, 0.15) is 0 Å². The smallest absolute Gasteiger partial charge is 0.324 e. The second kappa shape index (κ2) is 4.32. The molecule has 0 aromatic heterocycles. The molecule has 0 spiro atoms. The lowest BCUT2D eigenvalue weighted by molar-refractivity contribution is -0.138. The molecule has 15 heavy (non-hydrogen) atoms. The number of nitriles is 1. The van der Waals surface area contributed by atoms with Crippen LogP contribution in [0.4, 0.5) is 13.2 Å². The van der Waals surface area contributed by atoms with Crippen LogP contribution in [0.1, 0.15) is 23.6 Å². The summed E-state index contributed by atoms with van der Waals surface area (Å²) in [6, 6.07) is 6.67. The number of benzene rings is 1. The Morgan fingerprint density at radius 1 is 1.33 bits per heavy atom. The van der Waals surface area contributed by atoms with Crippen molar-refractivity contribution < 1.29 is 13.2 Å². The van der Waals surface area contributed by atoms with E-state index < -0.39 is 18.6 Å². The molecule has 0 amide bonds. The van der Waals surface area contributed by atoms with Crippen LogP contribution in [0.3, 0.4) is 0 Å². The summed E-state index contributed by atoms with van der Waals surface area (Å²) in [6.07, 6.45) is -5.44. The molecule has 0 aliphatic rings. The van der Waals surface area contributed by atoms with Crippen LogP contribution in [0.15, 0.2) is 24.3 Å². The van der Waals surface area contributed by atoms with Gasteiger partial charge in [0.25, 0.3) is 0 Å². The molecule has 0 fully saturated rings. The first kappa shape index (κ1) is 11.5. The normalized spacial score (nSPS) is 13.3. The highest BCUT2D eigenvalue weighted by Crippen LogP contribution is 2.29. The third-order valence-corrected chi connectivity index (χ3v) is 1.93. The van der Waals surface area contributed by atoms with Gasteiger partial charge in [0.15, 0.2) is 0 Å². The second-order valence-corrected chi connectivity index (χ2v) is 3.12. The molecule has 1 aromatic rings. The number of nitrogens with two attached hydrogens (primary N) is 1. The number of nitrogens with zero attached hydrogens (tertiary/aromatic N) is 1. The van der Waals surface area contributed by atoms with Crippen LogP contribution in [0, 0.1) is 11.3 Å². The van der Waals surface area contributed by atoms with Gasteiger partial charge < -0.3 is 5.73 Å². The second-order valence-electron chi connectivity index (χ2n) is 3.12. The average molecular weight is 214 g/mol. The number of rotatable bonds is 2. The van der Waals surface area contributed by atoms with E-state index in [4.69, 9.17) is 11.0 Å². The van der Waals surface area contributed by atoms with Gasteiger partial charge in [-0.15, -0.1) is 0 Å². The monoisotopic (exact) mass is 214 g/mol. The van der Waals surface area contributed by atoms with Gasteiger partial charge >= 0.3 is 6.18 Å². The maximum Gasteiger partial charge on any atom is 0.390 e. The lowest BCUT2D eigenvalue weighted by Crippen LogP contribution is -2.20. The van der Waals surface area contributed by atoms with Crippen molar-refractivity contribution in [3.63, 3.8) is 0 Å². The topological polar surface area (TPSA) is 49.8 Å². The summed E-state index contributed by atoms with van der Waals surface area (Å²) in [5, 5.41) is 8.68. The van der Waals surface area contributed by atoms with Gasteiger partial charge in [-0.05, 0) is 11.6 Å². The SMILES string of the molecule is N#Cc1ccccc1[C@@H](N)CC(F)(F)F. The van der Waals surface area contributed by atoms with Crippen molar-refractivity contribution >= 4 is 0 Å². The summed E-state index contributed by atoms with van der Waals surface area (Å²) < 4.78 is 36.2. The lowest BCUT2D eigenvalue weighted by Gasteiger charge is -2.15. The van der Waals surface area contributed by atoms with E-state index in [9.17, 15) is 13.2 Å². The zero-order valence-electron chi connectivity index (χ0n) is 7.75. The summed E-state index contributed by atoms with van der Waals surface area (Å²) in [7, 11) is 0. The van der Waals surface area contributed by atoms with Crippen molar-refractivity contribution in [1.82, 2.24) is 0 Å². The highest BCUT2D eigenvalue weighted by molar-refractivity contribution is 5.39. The van der Waals surface area contributed by atoms with Gasteiger partial charge in [0.2, 0.25) is 0 Å². The van der Waals surface area contributed by atoms with Crippen LogP contribution in [-0.2, 0) is 0 Å². The molecule has 0 aliphatic heterocycles. The molecule has 2 N–H and O–H groups in total. The van der Waals surface area contributed by atoms with E-state index in [1.54, 1.807) is 12.1 Å². The van der Waals surface area contributed by atoms with E-state index in [0.717, 1.165) is 0 Å². The Bertz CT molecular complexity index is 379. The van der Waals surface area contributed by atoms with Gasteiger partial charge in [-0.1, -0.05) is 18.2 Å². The van der Waals surface area contributed by atoms with Crippen molar-refractivity contribution in [2.75, 3.05) is 0 Å². The summed E-state index contributed by atoms with van der Waals surface area (Å²) in [5.74, 6) is 0. The number of alkyl halides is 3. The largest absolute Gasteiger partial charge is 0.390 e. The van der Waals surface area contributed by atoms with E-state index >= 15 is 0 Å². The lowest BCUT2D eigenvalue weighted by atomic mass is 9.99. The quantitative estimate of drug-likeness (QED) is 0.822. The van der Waals surface area contributed by atoms with Crippen LogP contribution in [0.2, 0.25) is 0 Å². The Kier molecular flexibility index (Phi) is 3.32. The van der Waals surface area contributed by atoms with Crippen LogP contribution in [0.5, 0.6) is 0 Å². The van der Waals surface area contributed by atoms with Crippen LogP contribution >= 0.6 is 0 Å². The molecule has 5 heteroatoms. The minimum atomic E-state index is -4.32. The molecule has 0 saturated heterocycles. The number of hydrogen-bond donors (Lipinski definition) is 1. The van der Waals surface area contributed by atoms with E-state index in [-0.39, 0.29) is 11.1 Å². The van der Waals surface area contributed by atoms with Crippen molar-refractivity contribution in [1.29, 1.82) is 5.26 Å². The van der Waals surface area contributed by atoms with Crippen molar-refractivity contribution in [3.05, 3.63) is 35.4 Å². The van der Waals surface area contributed by atoms with E-state index in [1.165, 1.54) is 12.1 Å². The molecule has 0 radical (unpaired) electrons. The Labute approximate surface area is 85.1 Å². The predicted molar refractivity (Wildman–Crippen MR) is 48.8 cm³/mol. The van der Waals surface area contributed by atoms with Gasteiger partial charge in [0.05, 0.1) is 18.1 Å². The maximum absolute atomic E-state index is 12.1. The molecule has 0 saturated carbocycles.